The normalized spacial score (nSPS) is 12.7. The molecule has 2 aromatic heterocycles. The second kappa shape index (κ2) is 4.58. The van der Waals surface area contributed by atoms with Crippen LogP contribution in [0.1, 0.15) is 17.4 Å². The molecule has 0 unspecified atom stereocenters. The molecule has 4 heteroatoms. The Kier molecular flexibility index (Phi) is 2.78. The fourth-order valence-corrected chi connectivity index (χ4v) is 2.02. The second-order valence-electron chi connectivity index (χ2n) is 4.30. The van der Waals surface area contributed by atoms with Gasteiger partial charge in [0, 0.05) is 24.9 Å². The number of fused-ring (bicyclic) bond motifs is 1. The van der Waals surface area contributed by atoms with Crippen LogP contribution in [0.25, 0.3) is 11.0 Å². The van der Waals surface area contributed by atoms with Gasteiger partial charge in [0.2, 0.25) is 0 Å². The number of rotatable bonds is 3. The van der Waals surface area contributed by atoms with E-state index in [1.54, 1.807) is 12.4 Å². The highest BCUT2D eigenvalue weighted by Gasteiger charge is 2.10. The third-order valence-corrected chi connectivity index (χ3v) is 2.96. The minimum Gasteiger partial charge on any atom is -0.342 e. The van der Waals surface area contributed by atoms with Crippen LogP contribution in [0.2, 0.25) is 0 Å². The first-order chi connectivity index (χ1) is 8.83. The lowest BCUT2D eigenvalue weighted by atomic mass is 10.1. The Balaban J connectivity index is 1.84. The van der Waals surface area contributed by atoms with E-state index in [4.69, 9.17) is 5.73 Å². The van der Waals surface area contributed by atoms with Crippen LogP contribution in [0.15, 0.2) is 48.8 Å². The number of hydrogen-bond donors (Lipinski definition) is 2. The molecule has 2 heterocycles. The molecule has 0 radical (unpaired) electrons. The number of aromatic nitrogens is 3. The Labute approximate surface area is 105 Å². The summed E-state index contributed by atoms with van der Waals surface area (Å²) in [7, 11) is 0. The predicted octanol–water partition coefficient (Wildman–Crippen LogP) is 2.20. The van der Waals surface area contributed by atoms with Crippen LogP contribution < -0.4 is 5.73 Å². The number of nitrogens with zero attached hydrogens (tertiary/aromatic N) is 2. The average molecular weight is 238 g/mol. The van der Waals surface area contributed by atoms with Gasteiger partial charge in [0.05, 0.1) is 11.0 Å². The highest BCUT2D eigenvalue weighted by Crippen LogP contribution is 2.16. The summed E-state index contributed by atoms with van der Waals surface area (Å²) in [6.45, 7) is 0. The van der Waals surface area contributed by atoms with Gasteiger partial charge in [-0.25, -0.2) is 4.98 Å². The van der Waals surface area contributed by atoms with Crippen LogP contribution >= 0.6 is 0 Å². The summed E-state index contributed by atoms with van der Waals surface area (Å²) in [6.07, 6.45) is 4.23. The Hall–Kier alpha value is -2.20. The molecule has 1 atom stereocenters. The van der Waals surface area contributed by atoms with Crippen LogP contribution in [0.4, 0.5) is 0 Å². The molecular weight excluding hydrogens is 224 g/mol. The van der Waals surface area contributed by atoms with Crippen LogP contribution in [0.3, 0.4) is 0 Å². The molecule has 0 bridgehead atoms. The first-order valence-corrected chi connectivity index (χ1v) is 5.92. The standard InChI is InChI=1S/C14H14N4/c15-11(10-4-3-7-16-9-10)8-14-17-12-5-1-2-6-13(12)18-14/h1-7,9,11H,8,15H2,(H,17,18)/t11-/m1/s1. The smallest absolute Gasteiger partial charge is 0.109 e. The molecule has 18 heavy (non-hydrogen) atoms. The molecule has 0 amide bonds. The fourth-order valence-electron chi connectivity index (χ4n) is 2.02. The third-order valence-electron chi connectivity index (χ3n) is 2.96. The Morgan fingerprint density at radius 1 is 1.17 bits per heavy atom. The average Bonchev–Trinajstić information content (AvgIpc) is 2.82. The molecule has 0 aliphatic heterocycles. The first kappa shape index (κ1) is 10.9. The summed E-state index contributed by atoms with van der Waals surface area (Å²) in [5.74, 6) is 0.910. The molecule has 90 valence electrons. The van der Waals surface area contributed by atoms with Gasteiger partial charge in [0.15, 0.2) is 0 Å². The maximum Gasteiger partial charge on any atom is 0.109 e. The molecule has 0 aliphatic rings. The van der Waals surface area contributed by atoms with Crippen molar-refractivity contribution in [1.82, 2.24) is 15.0 Å². The van der Waals surface area contributed by atoms with Gasteiger partial charge in [-0.15, -0.1) is 0 Å². The van der Waals surface area contributed by atoms with Crippen molar-refractivity contribution < 1.29 is 0 Å². The number of nitrogens with one attached hydrogen (secondary N) is 1. The summed E-state index contributed by atoms with van der Waals surface area (Å²) in [4.78, 5) is 11.9. The largest absolute Gasteiger partial charge is 0.342 e. The molecule has 0 fully saturated rings. The van der Waals surface area contributed by atoms with E-state index in [1.165, 1.54) is 0 Å². The van der Waals surface area contributed by atoms with Crippen molar-refractivity contribution in [3.8, 4) is 0 Å². The van der Waals surface area contributed by atoms with E-state index in [0.717, 1.165) is 22.4 Å². The van der Waals surface area contributed by atoms with Crippen molar-refractivity contribution in [2.24, 2.45) is 5.73 Å². The van der Waals surface area contributed by atoms with E-state index in [1.807, 2.05) is 36.4 Å². The summed E-state index contributed by atoms with van der Waals surface area (Å²) in [6, 6.07) is 11.8. The van der Waals surface area contributed by atoms with Crippen molar-refractivity contribution in [2.45, 2.75) is 12.5 Å². The molecule has 0 saturated carbocycles. The maximum absolute atomic E-state index is 6.15. The Morgan fingerprint density at radius 2 is 2.06 bits per heavy atom. The van der Waals surface area contributed by atoms with Gasteiger partial charge in [-0.05, 0) is 23.8 Å². The lowest BCUT2D eigenvalue weighted by Gasteiger charge is -2.08. The van der Waals surface area contributed by atoms with Crippen molar-refractivity contribution in [2.75, 3.05) is 0 Å². The SMILES string of the molecule is N[C@H](Cc1nc2ccccc2[nH]1)c1cccnc1. The van der Waals surface area contributed by atoms with E-state index >= 15 is 0 Å². The van der Waals surface area contributed by atoms with E-state index in [-0.39, 0.29) is 6.04 Å². The van der Waals surface area contributed by atoms with Gasteiger partial charge in [-0.1, -0.05) is 18.2 Å². The number of benzene rings is 1. The zero-order valence-electron chi connectivity index (χ0n) is 9.88. The Bertz CT molecular complexity index is 612. The maximum atomic E-state index is 6.15. The quantitative estimate of drug-likeness (QED) is 0.735. The van der Waals surface area contributed by atoms with Gasteiger partial charge in [0.1, 0.15) is 5.82 Å². The molecule has 1 aromatic carbocycles. The molecule has 3 aromatic rings. The van der Waals surface area contributed by atoms with Gasteiger partial charge >= 0.3 is 0 Å². The molecule has 0 saturated heterocycles. The van der Waals surface area contributed by atoms with E-state index in [2.05, 4.69) is 15.0 Å². The van der Waals surface area contributed by atoms with Gasteiger partial charge in [-0.2, -0.15) is 0 Å². The van der Waals surface area contributed by atoms with Crippen molar-refractivity contribution >= 4 is 11.0 Å². The third kappa shape index (κ3) is 2.10. The van der Waals surface area contributed by atoms with Crippen LogP contribution in [0, 0.1) is 0 Å². The summed E-state index contributed by atoms with van der Waals surface area (Å²) in [5, 5.41) is 0. The number of para-hydroxylation sites is 2. The van der Waals surface area contributed by atoms with Crippen molar-refractivity contribution in [3.63, 3.8) is 0 Å². The molecule has 3 N–H and O–H groups in total. The number of H-pyrrole nitrogens is 1. The van der Waals surface area contributed by atoms with E-state index in [9.17, 15) is 0 Å². The lowest BCUT2D eigenvalue weighted by molar-refractivity contribution is 0.693. The van der Waals surface area contributed by atoms with Crippen LogP contribution in [0.5, 0.6) is 0 Å². The molecule has 0 aliphatic carbocycles. The Morgan fingerprint density at radius 3 is 2.83 bits per heavy atom. The first-order valence-electron chi connectivity index (χ1n) is 5.92. The van der Waals surface area contributed by atoms with Gasteiger partial charge in [0.25, 0.3) is 0 Å². The van der Waals surface area contributed by atoms with Crippen LogP contribution in [-0.4, -0.2) is 15.0 Å². The molecule has 0 spiro atoms. The molecular formula is C14H14N4. The van der Waals surface area contributed by atoms with E-state index in [0.29, 0.717) is 6.42 Å². The van der Waals surface area contributed by atoms with Gasteiger partial charge < -0.3 is 10.7 Å². The fraction of sp³-hybridized carbons (Fsp3) is 0.143. The minimum atomic E-state index is -0.0840. The van der Waals surface area contributed by atoms with Crippen molar-refractivity contribution in [3.05, 3.63) is 60.2 Å². The minimum absolute atomic E-state index is 0.0840. The lowest BCUT2D eigenvalue weighted by Crippen LogP contribution is -2.14. The highest BCUT2D eigenvalue weighted by atomic mass is 14.9. The monoisotopic (exact) mass is 238 g/mol. The van der Waals surface area contributed by atoms with Gasteiger partial charge in [-0.3, -0.25) is 4.98 Å². The second-order valence-corrected chi connectivity index (χ2v) is 4.30. The topological polar surface area (TPSA) is 67.6 Å². The number of imidazole rings is 1. The number of aromatic amines is 1. The summed E-state index contributed by atoms with van der Waals surface area (Å²) in [5.41, 5.74) is 9.20. The molecule has 4 nitrogen and oxygen atoms in total. The van der Waals surface area contributed by atoms with Crippen molar-refractivity contribution in [1.29, 1.82) is 0 Å². The number of hydrogen-bond acceptors (Lipinski definition) is 3. The zero-order valence-corrected chi connectivity index (χ0v) is 9.88. The number of pyridine rings is 1. The summed E-state index contributed by atoms with van der Waals surface area (Å²) < 4.78 is 0. The zero-order chi connectivity index (χ0) is 12.4. The summed E-state index contributed by atoms with van der Waals surface area (Å²) >= 11 is 0. The van der Waals surface area contributed by atoms with Crippen LogP contribution in [-0.2, 0) is 6.42 Å². The van der Waals surface area contributed by atoms with E-state index < -0.39 is 0 Å². The predicted molar refractivity (Wildman–Crippen MR) is 71.0 cm³/mol. The number of nitrogens with two attached hydrogens (primary N) is 1. The highest BCUT2D eigenvalue weighted by molar-refractivity contribution is 5.74. The molecule has 3 rings (SSSR count).